The van der Waals surface area contributed by atoms with Crippen LogP contribution in [0.5, 0.6) is 0 Å². The average molecular weight is 218 g/mol. The van der Waals surface area contributed by atoms with Crippen LogP contribution in [-0.4, -0.2) is 50.0 Å². The van der Waals surface area contributed by atoms with E-state index in [2.05, 4.69) is 5.32 Å². The summed E-state index contributed by atoms with van der Waals surface area (Å²) in [6.45, 7) is 1.17. The Morgan fingerprint density at radius 3 is 2.50 bits per heavy atom. The van der Waals surface area contributed by atoms with Crippen molar-refractivity contribution in [3.8, 4) is 0 Å². The number of carbonyl (C=O) groups is 1. The predicted molar refractivity (Wildman–Crippen MR) is 51.4 cm³/mol. The van der Waals surface area contributed by atoms with Crippen molar-refractivity contribution in [1.29, 1.82) is 0 Å². The number of amides is 1. The number of sulfone groups is 1. The molecule has 2 rings (SSSR count). The van der Waals surface area contributed by atoms with E-state index in [1.807, 2.05) is 0 Å². The van der Waals surface area contributed by atoms with Gasteiger partial charge in [0.25, 0.3) is 0 Å². The van der Waals surface area contributed by atoms with Crippen LogP contribution in [0.25, 0.3) is 0 Å². The summed E-state index contributed by atoms with van der Waals surface area (Å²) < 4.78 is 22.3. The van der Waals surface area contributed by atoms with Gasteiger partial charge in [0.2, 0.25) is 5.91 Å². The number of carbonyl (C=O) groups excluding carboxylic acids is 1. The van der Waals surface area contributed by atoms with Crippen LogP contribution in [0.2, 0.25) is 0 Å². The molecule has 1 heterocycles. The van der Waals surface area contributed by atoms with Crippen molar-refractivity contribution >= 4 is 15.7 Å². The van der Waals surface area contributed by atoms with Gasteiger partial charge >= 0.3 is 0 Å². The molecule has 0 aromatic carbocycles. The van der Waals surface area contributed by atoms with Crippen LogP contribution >= 0.6 is 0 Å². The number of nitrogens with one attached hydrogen (secondary N) is 1. The lowest BCUT2D eigenvalue weighted by Gasteiger charge is -2.21. The van der Waals surface area contributed by atoms with Crippen LogP contribution in [-0.2, 0) is 14.6 Å². The Morgan fingerprint density at radius 2 is 2.14 bits per heavy atom. The van der Waals surface area contributed by atoms with E-state index in [9.17, 15) is 13.2 Å². The second-order valence-electron chi connectivity index (χ2n) is 4.13. The van der Waals surface area contributed by atoms with Crippen LogP contribution in [0.15, 0.2) is 0 Å². The van der Waals surface area contributed by atoms with E-state index in [0.29, 0.717) is 32.6 Å². The summed E-state index contributed by atoms with van der Waals surface area (Å²) in [5, 5.41) is 2.91. The molecule has 0 radical (unpaired) electrons. The van der Waals surface area contributed by atoms with Crippen molar-refractivity contribution in [1.82, 2.24) is 10.2 Å². The SMILES string of the molecule is CS(=O)(=O)C1(CN2CNCC2=O)CC1. The highest BCUT2D eigenvalue weighted by Crippen LogP contribution is 2.43. The number of hydrogen-bond donors (Lipinski definition) is 1. The third kappa shape index (κ3) is 1.52. The Labute approximate surface area is 83.4 Å². The number of hydrogen-bond acceptors (Lipinski definition) is 4. The highest BCUT2D eigenvalue weighted by Gasteiger charge is 2.53. The minimum atomic E-state index is -3.02. The molecule has 14 heavy (non-hydrogen) atoms. The Balaban J connectivity index is 2.08. The zero-order chi connectivity index (χ0) is 10.4. The zero-order valence-electron chi connectivity index (χ0n) is 8.12. The van der Waals surface area contributed by atoms with Gasteiger partial charge in [0.15, 0.2) is 9.84 Å². The molecule has 2 aliphatic rings. The summed E-state index contributed by atoms with van der Waals surface area (Å²) in [5.74, 6) is -0.0000694. The molecule has 5 nitrogen and oxygen atoms in total. The van der Waals surface area contributed by atoms with Crippen molar-refractivity contribution in [2.45, 2.75) is 17.6 Å². The van der Waals surface area contributed by atoms with Crippen LogP contribution in [0, 0.1) is 0 Å². The highest BCUT2D eigenvalue weighted by molar-refractivity contribution is 7.92. The molecule has 1 saturated heterocycles. The molecule has 2 fully saturated rings. The minimum absolute atomic E-state index is 0.0000694. The first kappa shape index (κ1) is 9.92. The van der Waals surface area contributed by atoms with Crippen molar-refractivity contribution in [2.75, 3.05) is 26.0 Å². The number of rotatable bonds is 3. The standard InChI is InChI=1S/C8H14N2O3S/c1-14(12,13)8(2-3-8)5-10-6-9-4-7(10)11/h9H,2-6H2,1H3. The van der Waals surface area contributed by atoms with Crippen LogP contribution in [0.3, 0.4) is 0 Å². The first-order valence-corrected chi connectivity index (χ1v) is 6.52. The maximum atomic E-state index is 11.5. The second kappa shape index (κ2) is 2.93. The summed E-state index contributed by atoms with van der Waals surface area (Å²) in [4.78, 5) is 12.9. The molecule has 0 atom stereocenters. The van der Waals surface area contributed by atoms with Gasteiger partial charge in [0, 0.05) is 12.8 Å². The Hall–Kier alpha value is -0.620. The molecule has 0 spiro atoms. The zero-order valence-corrected chi connectivity index (χ0v) is 8.93. The Morgan fingerprint density at radius 1 is 1.50 bits per heavy atom. The fraction of sp³-hybridized carbons (Fsp3) is 0.875. The maximum Gasteiger partial charge on any atom is 0.237 e. The highest BCUT2D eigenvalue weighted by atomic mass is 32.2. The summed E-state index contributed by atoms with van der Waals surface area (Å²) in [6.07, 6.45) is 2.64. The monoisotopic (exact) mass is 218 g/mol. The van der Waals surface area contributed by atoms with Crippen LogP contribution in [0.4, 0.5) is 0 Å². The third-order valence-corrected chi connectivity index (χ3v) is 5.12. The molecule has 1 aliphatic heterocycles. The maximum absolute atomic E-state index is 11.5. The Kier molecular flexibility index (Phi) is 2.08. The molecule has 1 N–H and O–H groups in total. The van der Waals surface area contributed by atoms with Crippen molar-refractivity contribution < 1.29 is 13.2 Å². The molecular formula is C8H14N2O3S. The van der Waals surface area contributed by atoms with Crippen LogP contribution in [0.1, 0.15) is 12.8 Å². The van der Waals surface area contributed by atoms with Crippen LogP contribution < -0.4 is 5.32 Å². The molecule has 0 aromatic heterocycles. The van der Waals surface area contributed by atoms with Crippen molar-refractivity contribution in [2.24, 2.45) is 0 Å². The number of nitrogens with zero attached hydrogens (tertiary/aromatic N) is 1. The van der Waals surface area contributed by atoms with Gasteiger partial charge in [-0.05, 0) is 12.8 Å². The van der Waals surface area contributed by atoms with E-state index >= 15 is 0 Å². The molecule has 1 aliphatic carbocycles. The first-order valence-electron chi connectivity index (χ1n) is 4.63. The molecule has 0 unspecified atom stereocenters. The van der Waals surface area contributed by atoms with Gasteiger partial charge in [0.1, 0.15) is 0 Å². The topological polar surface area (TPSA) is 66.5 Å². The second-order valence-corrected chi connectivity index (χ2v) is 6.54. The molecule has 0 aromatic rings. The third-order valence-electron chi connectivity index (χ3n) is 3.00. The Bertz CT molecular complexity index is 359. The minimum Gasteiger partial charge on any atom is -0.327 e. The lowest BCUT2D eigenvalue weighted by molar-refractivity contribution is -0.126. The van der Waals surface area contributed by atoms with Gasteiger partial charge in [-0.3, -0.25) is 10.1 Å². The van der Waals surface area contributed by atoms with Gasteiger partial charge < -0.3 is 4.90 Å². The molecule has 1 saturated carbocycles. The van der Waals surface area contributed by atoms with Gasteiger partial charge in [-0.1, -0.05) is 0 Å². The smallest absolute Gasteiger partial charge is 0.237 e. The summed E-state index contributed by atoms with van der Waals surface area (Å²) in [7, 11) is -3.02. The lowest BCUT2D eigenvalue weighted by atomic mass is 10.4. The van der Waals surface area contributed by atoms with Gasteiger partial charge in [-0.2, -0.15) is 0 Å². The van der Waals surface area contributed by atoms with E-state index in [4.69, 9.17) is 0 Å². The summed E-state index contributed by atoms with van der Waals surface area (Å²) in [5.41, 5.74) is 0. The molecule has 80 valence electrons. The molecule has 0 bridgehead atoms. The van der Waals surface area contributed by atoms with Gasteiger partial charge in [0.05, 0.1) is 18.0 Å². The van der Waals surface area contributed by atoms with E-state index in [1.165, 1.54) is 6.26 Å². The fourth-order valence-electron chi connectivity index (χ4n) is 1.78. The van der Waals surface area contributed by atoms with E-state index in [1.54, 1.807) is 4.90 Å². The summed E-state index contributed by atoms with van der Waals surface area (Å²) in [6, 6.07) is 0. The lowest BCUT2D eigenvalue weighted by Crippen LogP contribution is -2.39. The molecule has 6 heteroatoms. The largest absolute Gasteiger partial charge is 0.327 e. The fourth-order valence-corrected chi connectivity index (χ4v) is 3.01. The average Bonchev–Trinajstić information content (AvgIpc) is 2.73. The molecular weight excluding hydrogens is 204 g/mol. The van der Waals surface area contributed by atoms with Gasteiger partial charge in [-0.15, -0.1) is 0 Å². The van der Waals surface area contributed by atoms with E-state index < -0.39 is 14.6 Å². The first-order chi connectivity index (χ1) is 6.45. The predicted octanol–water partition coefficient (Wildman–Crippen LogP) is -1.05. The van der Waals surface area contributed by atoms with Crippen molar-refractivity contribution in [3.63, 3.8) is 0 Å². The van der Waals surface area contributed by atoms with Crippen molar-refractivity contribution in [3.05, 3.63) is 0 Å². The van der Waals surface area contributed by atoms with Gasteiger partial charge in [-0.25, -0.2) is 8.42 Å². The summed E-state index contributed by atoms with van der Waals surface area (Å²) >= 11 is 0. The molecule has 1 amide bonds. The quantitative estimate of drug-likeness (QED) is 0.656. The normalized spacial score (nSPS) is 25.5. The van der Waals surface area contributed by atoms with E-state index in [0.717, 1.165) is 0 Å². The van der Waals surface area contributed by atoms with E-state index in [-0.39, 0.29) is 5.91 Å².